The van der Waals surface area contributed by atoms with Gasteiger partial charge in [0.1, 0.15) is 11.3 Å². The molecule has 3 heterocycles. The van der Waals surface area contributed by atoms with Crippen molar-refractivity contribution in [3.05, 3.63) is 53.7 Å². The lowest BCUT2D eigenvalue weighted by Gasteiger charge is -2.31. The predicted molar refractivity (Wildman–Crippen MR) is 95.0 cm³/mol. The van der Waals surface area contributed by atoms with Crippen molar-refractivity contribution in [2.24, 2.45) is 7.05 Å². The van der Waals surface area contributed by atoms with Gasteiger partial charge in [0.25, 0.3) is 0 Å². The van der Waals surface area contributed by atoms with Gasteiger partial charge in [-0.1, -0.05) is 18.2 Å². The molecule has 26 heavy (non-hydrogen) atoms. The number of carbonyl (C=O) groups excluding carboxylic acids is 1. The number of hydrogen-bond acceptors (Lipinski definition) is 4. The molecule has 0 aliphatic carbocycles. The van der Waals surface area contributed by atoms with Crippen LogP contribution in [0.1, 0.15) is 30.0 Å². The summed E-state index contributed by atoms with van der Waals surface area (Å²) >= 11 is 0. The molecular weight excluding hydrogens is 333 g/mol. The summed E-state index contributed by atoms with van der Waals surface area (Å²) in [6.07, 6.45) is 5.10. The summed E-state index contributed by atoms with van der Waals surface area (Å²) in [5.41, 5.74) is 3.02. The molecule has 0 saturated carbocycles. The first-order valence-electron chi connectivity index (χ1n) is 8.78. The van der Waals surface area contributed by atoms with E-state index in [1.165, 1.54) is 6.07 Å². The van der Waals surface area contributed by atoms with Gasteiger partial charge in [0.05, 0.1) is 12.1 Å². The van der Waals surface area contributed by atoms with E-state index in [1.54, 1.807) is 35.3 Å². The molecule has 3 aromatic rings. The van der Waals surface area contributed by atoms with Crippen LogP contribution in [0.2, 0.25) is 0 Å². The first kappa shape index (κ1) is 16.6. The van der Waals surface area contributed by atoms with Gasteiger partial charge >= 0.3 is 0 Å². The van der Waals surface area contributed by atoms with Crippen LogP contribution in [0.15, 0.2) is 36.7 Å². The molecule has 0 spiro atoms. The highest BCUT2D eigenvalue weighted by atomic mass is 19.1. The normalized spacial score (nSPS) is 15.5. The number of aryl methyl sites for hydroxylation is 1. The lowest BCUT2D eigenvalue weighted by Crippen LogP contribution is -2.39. The van der Waals surface area contributed by atoms with Crippen LogP contribution in [-0.4, -0.2) is 43.6 Å². The van der Waals surface area contributed by atoms with E-state index in [1.807, 2.05) is 11.9 Å². The van der Waals surface area contributed by atoms with Crippen LogP contribution in [0, 0.1) is 5.82 Å². The van der Waals surface area contributed by atoms with Crippen molar-refractivity contribution < 1.29 is 9.18 Å². The molecular formula is C19H20FN5O. The highest BCUT2D eigenvalue weighted by Crippen LogP contribution is 2.30. The fraction of sp³-hybridized carbons (Fsp3) is 0.368. The van der Waals surface area contributed by atoms with Crippen LogP contribution in [0.25, 0.3) is 11.2 Å². The molecule has 1 aliphatic rings. The maximum Gasteiger partial charge on any atom is 0.227 e. The second-order valence-electron chi connectivity index (χ2n) is 6.66. The molecule has 6 nitrogen and oxygen atoms in total. The molecule has 134 valence electrons. The highest BCUT2D eigenvalue weighted by molar-refractivity contribution is 5.79. The van der Waals surface area contributed by atoms with Crippen LogP contribution in [-0.2, 0) is 18.3 Å². The summed E-state index contributed by atoms with van der Waals surface area (Å²) in [5.74, 6) is -0.0959. The third-order valence-electron chi connectivity index (χ3n) is 5.02. The Kier molecular flexibility index (Phi) is 4.36. The molecule has 2 aromatic heterocycles. The van der Waals surface area contributed by atoms with Crippen LogP contribution in [0.5, 0.6) is 0 Å². The van der Waals surface area contributed by atoms with E-state index in [0.29, 0.717) is 18.7 Å². The fourth-order valence-corrected chi connectivity index (χ4v) is 3.60. The van der Waals surface area contributed by atoms with Crippen LogP contribution in [0.4, 0.5) is 4.39 Å². The number of nitrogens with zero attached hydrogens (tertiary/aromatic N) is 5. The maximum absolute atomic E-state index is 13.8. The number of piperidine rings is 1. The Balaban J connectivity index is 1.44. The van der Waals surface area contributed by atoms with E-state index >= 15 is 0 Å². The summed E-state index contributed by atoms with van der Waals surface area (Å²) in [6.45, 7) is 1.30. The third-order valence-corrected chi connectivity index (χ3v) is 5.02. The topological polar surface area (TPSA) is 63.9 Å². The van der Waals surface area contributed by atoms with Crippen molar-refractivity contribution in [1.29, 1.82) is 0 Å². The number of likely N-dealkylation sites (tertiary alicyclic amines) is 1. The van der Waals surface area contributed by atoms with E-state index in [-0.39, 0.29) is 24.1 Å². The minimum Gasteiger partial charge on any atom is -0.342 e. The molecule has 0 bridgehead atoms. The summed E-state index contributed by atoms with van der Waals surface area (Å²) in [6, 6.07) is 6.45. The minimum atomic E-state index is -0.325. The van der Waals surface area contributed by atoms with E-state index in [0.717, 1.165) is 29.7 Å². The van der Waals surface area contributed by atoms with Gasteiger partial charge in [0, 0.05) is 38.4 Å². The van der Waals surface area contributed by atoms with Gasteiger partial charge in [0.2, 0.25) is 5.91 Å². The summed E-state index contributed by atoms with van der Waals surface area (Å²) in [4.78, 5) is 23.1. The first-order chi connectivity index (χ1) is 12.6. The van der Waals surface area contributed by atoms with Gasteiger partial charge < -0.3 is 4.90 Å². The van der Waals surface area contributed by atoms with Crippen molar-refractivity contribution in [3.63, 3.8) is 0 Å². The lowest BCUT2D eigenvalue weighted by molar-refractivity contribution is -0.131. The zero-order valence-electron chi connectivity index (χ0n) is 14.6. The number of fused-ring (bicyclic) bond motifs is 1. The first-order valence-corrected chi connectivity index (χ1v) is 8.78. The largest absolute Gasteiger partial charge is 0.342 e. The Morgan fingerprint density at radius 1 is 1.19 bits per heavy atom. The summed E-state index contributed by atoms with van der Waals surface area (Å²) < 4.78 is 15.5. The van der Waals surface area contributed by atoms with Gasteiger partial charge in [-0.05, 0) is 24.5 Å². The van der Waals surface area contributed by atoms with Crippen molar-refractivity contribution >= 4 is 17.1 Å². The number of amides is 1. The lowest BCUT2D eigenvalue weighted by atomic mass is 9.92. The number of rotatable bonds is 3. The average molecular weight is 353 g/mol. The Bertz CT molecular complexity index is 946. The van der Waals surface area contributed by atoms with Crippen molar-refractivity contribution in [2.75, 3.05) is 13.1 Å². The SMILES string of the molecule is Cn1nc(C2CCN(C(=O)Cc3ccccc3F)CC2)c2nccnc21. The molecule has 0 unspecified atom stereocenters. The number of aromatic nitrogens is 4. The number of benzene rings is 1. The zero-order valence-corrected chi connectivity index (χ0v) is 14.6. The molecule has 0 radical (unpaired) electrons. The Labute approximate surface area is 150 Å². The molecule has 4 rings (SSSR count). The van der Waals surface area contributed by atoms with Gasteiger partial charge in [-0.2, -0.15) is 5.10 Å². The smallest absolute Gasteiger partial charge is 0.227 e. The van der Waals surface area contributed by atoms with Gasteiger partial charge in [-0.25, -0.2) is 19.0 Å². The standard InChI is InChI=1S/C19H20FN5O/c1-24-19-18(21-8-9-22-19)17(23-24)13-6-10-25(11-7-13)16(26)12-14-4-2-3-5-15(14)20/h2-5,8-9,13H,6-7,10-12H2,1H3. The minimum absolute atomic E-state index is 0.0285. The Morgan fingerprint density at radius 2 is 1.92 bits per heavy atom. The summed E-state index contributed by atoms with van der Waals surface area (Å²) in [7, 11) is 1.87. The molecule has 1 fully saturated rings. The molecule has 1 aromatic carbocycles. The maximum atomic E-state index is 13.8. The molecule has 0 N–H and O–H groups in total. The number of halogens is 1. The average Bonchev–Trinajstić information content (AvgIpc) is 3.01. The molecule has 1 aliphatic heterocycles. The monoisotopic (exact) mass is 353 g/mol. The number of hydrogen-bond donors (Lipinski definition) is 0. The van der Waals surface area contributed by atoms with E-state index in [9.17, 15) is 9.18 Å². The third kappa shape index (κ3) is 3.05. The number of carbonyl (C=O) groups is 1. The van der Waals surface area contributed by atoms with Crippen molar-refractivity contribution in [2.45, 2.75) is 25.2 Å². The van der Waals surface area contributed by atoms with Gasteiger partial charge in [0.15, 0.2) is 5.65 Å². The van der Waals surface area contributed by atoms with Crippen LogP contribution in [0.3, 0.4) is 0 Å². The quantitative estimate of drug-likeness (QED) is 0.726. The van der Waals surface area contributed by atoms with E-state index in [4.69, 9.17) is 0 Å². The van der Waals surface area contributed by atoms with Crippen LogP contribution >= 0.6 is 0 Å². The van der Waals surface area contributed by atoms with Crippen molar-refractivity contribution in [1.82, 2.24) is 24.6 Å². The van der Waals surface area contributed by atoms with Gasteiger partial charge in [-0.3, -0.25) is 4.79 Å². The molecule has 1 saturated heterocycles. The second kappa shape index (κ2) is 6.82. The molecule has 7 heteroatoms. The molecule has 1 amide bonds. The second-order valence-corrected chi connectivity index (χ2v) is 6.66. The van der Waals surface area contributed by atoms with Gasteiger partial charge in [-0.15, -0.1) is 0 Å². The van der Waals surface area contributed by atoms with Crippen LogP contribution < -0.4 is 0 Å². The predicted octanol–water partition coefficient (Wildman–Crippen LogP) is 2.45. The molecule has 0 atom stereocenters. The van der Waals surface area contributed by atoms with Crippen molar-refractivity contribution in [3.8, 4) is 0 Å². The fourth-order valence-electron chi connectivity index (χ4n) is 3.60. The van der Waals surface area contributed by atoms with E-state index < -0.39 is 0 Å². The Hall–Kier alpha value is -2.83. The highest BCUT2D eigenvalue weighted by Gasteiger charge is 2.28. The summed E-state index contributed by atoms with van der Waals surface area (Å²) in [5, 5.41) is 4.60. The van der Waals surface area contributed by atoms with E-state index in [2.05, 4.69) is 15.1 Å². The zero-order chi connectivity index (χ0) is 18.1. The Morgan fingerprint density at radius 3 is 2.69 bits per heavy atom.